The van der Waals surface area contributed by atoms with Gasteiger partial charge in [-0.25, -0.2) is 0 Å². The van der Waals surface area contributed by atoms with E-state index in [9.17, 15) is 4.79 Å². The van der Waals surface area contributed by atoms with Crippen LogP contribution >= 0.6 is 0 Å². The van der Waals surface area contributed by atoms with Crippen LogP contribution in [-0.2, 0) is 10.2 Å². The monoisotopic (exact) mass is 244 g/mol. The lowest BCUT2D eigenvalue weighted by Crippen LogP contribution is -2.37. The molecule has 1 saturated heterocycles. The minimum absolute atomic E-state index is 0.177. The van der Waals surface area contributed by atoms with E-state index in [4.69, 9.17) is 0 Å². The predicted octanol–water partition coefficient (Wildman–Crippen LogP) is 1.44. The second-order valence-corrected chi connectivity index (χ2v) is 5.55. The molecule has 1 aliphatic carbocycles. The maximum atomic E-state index is 12.0. The maximum absolute atomic E-state index is 12.0. The van der Waals surface area contributed by atoms with Gasteiger partial charge in [0.15, 0.2) is 0 Å². The topological polar surface area (TPSA) is 41.1 Å². The summed E-state index contributed by atoms with van der Waals surface area (Å²) in [6.07, 6.45) is 3.37. The Balaban J connectivity index is 1.58. The molecule has 0 bridgehead atoms. The highest BCUT2D eigenvalue weighted by molar-refractivity contribution is 5.79. The lowest BCUT2D eigenvalue weighted by molar-refractivity contribution is -0.124. The Morgan fingerprint density at radius 1 is 1.33 bits per heavy atom. The molecule has 3 rings (SSSR count). The molecule has 0 aromatic heterocycles. The maximum Gasteiger partial charge on any atom is 0.224 e. The molecular weight excluding hydrogens is 224 g/mol. The minimum Gasteiger partial charge on any atom is -0.355 e. The molecule has 0 spiro atoms. The zero-order valence-electron chi connectivity index (χ0n) is 10.6. The molecule has 1 atom stereocenters. The molecule has 1 saturated carbocycles. The molecular formula is C15H20N2O. The second-order valence-electron chi connectivity index (χ2n) is 5.55. The van der Waals surface area contributed by atoms with Crippen molar-refractivity contribution in [3.63, 3.8) is 0 Å². The van der Waals surface area contributed by atoms with Gasteiger partial charge in [-0.05, 0) is 31.4 Å². The number of hydrogen-bond donors (Lipinski definition) is 2. The molecule has 2 fully saturated rings. The molecule has 1 aromatic carbocycles. The smallest absolute Gasteiger partial charge is 0.224 e. The van der Waals surface area contributed by atoms with Gasteiger partial charge in [-0.15, -0.1) is 0 Å². The first-order valence-electron chi connectivity index (χ1n) is 6.84. The van der Waals surface area contributed by atoms with Crippen LogP contribution in [0.15, 0.2) is 30.3 Å². The quantitative estimate of drug-likeness (QED) is 0.841. The largest absolute Gasteiger partial charge is 0.355 e. The molecule has 3 heteroatoms. The van der Waals surface area contributed by atoms with Crippen LogP contribution in [0.25, 0.3) is 0 Å². The van der Waals surface area contributed by atoms with Gasteiger partial charge in [0.05, 0.1) is 5.92 Å². The Kier molecular flexibility index (Phi) is 3.08. The van der Waals surface area contributed by atoms with Crippen molar-refractivity contribution in [2.24, 2.45) is 5.92 Å². The normalized spacial score (nSPS) is 24.8. The molecule has 96 valence electrons. The van der Waals surface area contributed by atoms with E-state index >= 15 is 0 Å². The van der Waals surface area contributed by atoms with Crippen LogP contribution in [0.4, 0.5) is 0 Å². The van der Waals surface area contributed by atoms with Gasteiger partial charge >= 0.3 is 0 Å². The number of rotatable bonds is 4. The van der Waals surface area contributed by atoms with Crippen molar-refractivity contribution >= 4 is 5.91 Å². The van der Waals surface area contributed by atoms with Crippen LogP contribution < -0.4 is 10.6 Å². The predicted molar refractivity (Wildman–Crippen MR) is 71.3 cm³/mol. The first-order chi connectivity index (χ1) is 8.80. The highest BCUT2D eigenvalue weighted by atomic mass is 16.1. The fraction of sp³-hybridized carbons (Fsp3) is 0.533. The van der Waals surface area contributed by atoms with Crippen molar-refractivity contribution in [1.82, 2.24) is 10.6 Å². The van der Waals surface area contributed by atoms with Gasteiger partial charge in [0.25, 0.3) is 0 Å². The summed E-state index contributed by atoms with van der Waals surface area (Å²) in [5.41, 5.74) is 1.60. The molecule has 1 aromatic rings. The van der Waals surface area contributed by atoms with Gasteiger partial charge in [0, 0.05) is 18.5 Å². The van der Waals surface area contributed by atoms with Crippen LogP contribution in [0.2, 0.25) is 0 Å². The Morgan fingerprint density at radius 2 is 2.11 bits per heavy atom. The molecule has 18 heavy (non-hydrogen) atoms. The number of nitrogens with one attached hydrogen (secondary N) is 2. The molecule has 2 aliphatic rings. The Hall–Kier alpha value is -1.35. The summed E-state index contributed by atoms with van der Waals surface area (Å²) in [7, 11) is 0. The van der Waals surface area contributed by atoms with E-state index in [0.717, 1.165) is 26.1 Å². The third-order valence-electron chi connectivity index (χ3n) is 4.27. The third-order valence-corrected chi connectivity index (χ3v) is 4.27. The van der Waals surface area contributed by atoms with E-state index in [2.05, 4.69) is 34.9 Å². The summed E-state index contributed by atoms with van der Waals surface area (Å²) in [5, 5.41) is 6.38. The van der Waals surface area contributed by atoms with E-state index in [1.165, 1.54) is 18.4 Å². The Labute approximate surface area is 108 Å². The fourth-order valence-corrected chi connectivity index (χ4v) is 2.79. The fourth-order valence-electron chi connectivity index (χ4n) is 2.79. The number of carbonyl (C=O) groups is 1. The molecule has 0 radical (unpaired) electrons. The van der Waals surface area contributed by atoms with Crippen LogP contribution in [0.3, 0.4) is 0 Å². The highest BCUT2D eigenvalue weighted by Crippen LogP contribution is 2.47. The summed E-state index contributed by atoms with van der Waals surface area (Å²) >= 11 is 0. The van der Waals surface area contributed by atoms with E-state index in [1.807, 2.05) is 6.07 Å². The first kappa shape index (κ1) is 11.7. The standard InChI is InChI=1S/C15H20N2O/c18-14(12-6-9-16-10-12)17-11-15(7-8-15)13-4-2-1-3-5-13/h1-5,12,16H,6-11H2,(H,17,18). The van der Waals surface area contributed by atoms with Crippen molar-refractivity contribution in [2.45, 2.75) is 24.7 Å². The minimum atomic E-state index is 0.177. The van der Waals surface area contributed by atoms with Gasteiger partial charge in [0.1, 0.15) is 0 Å². The average Bonchev–Trinajstić information content (AvgIpc) is 3.01. The van der Waals surface area contributed by atoms with E-state index in [1.54, 1.807) is 0 Å². The number of benzene rings is 1. The zero-order valence-corrected chi connectivity index (χ0v) is 10.6. The van der Waals surface area contributed by atoms with Crippen LogP contribution in [0, 0.1) is 5.92 Å². The molecule has 1 aliphatic heterocycles. The van der Waals surface area contributed by atoms with E-state index < -0.39 is 0 Å². The highest BCUT2D eigenvalue weighted by Gasteiger charge is 2.44. The molecule has 3 nitrogen and oxygen atoms in total. The van der Waals surface area contributed by atoms with Crippen molar-refractivity contribution in [3.8, 4) is 0 Å². The molecule has 1 unspecified atom stereocenters. The van der Waals surface area contributed by atoms with Crippen LogP contribution in [-0.4, -0.2) is 25.5 Å². The Bertz CT molecular complexity index is 419. The summed E-state index contributed by atoms with van der Waals surface area (Å²) < 4.78 is 0. The van der Waals surface area contributed by atoms with Gasteiger partial charge in [-0.1, -0.05) is 30.3 Å². The zero-order chi connectivity index (χ0) is 12.4. The Morgan fingerprint density at radius 3 is 2.72 bits per heavy atom. The second kappa shape index (κ2) is 4.73. The average molecular weight is 244 g/mol. The van der Waals surface area contributed by atoms with Crippen molar-refractivity contribution in [3.05, 3.63) is 35.9 Å². The van der Waals surface area contributed by atoms with E-state index in [0.29, 0.717) is 0 Å². The lowest BCUT2D eigenvalue weighted by Gasteiger charge is -2.18. The van der Waals surface area contributed by atoms with Gasteiger partial charge in [-0.2, -0.15) is 0 Å². The molecule has 2 N–H and O–H groups in total. The summed E-state index contributed by atoms with van der Waals surface area (Å²) in [6.45, 7) is 2.61. The number of carbonyl (C=O) groups excluding carboxylic acids is 1. The molecule has 1 heterocycles. The summed E-state index contributed by atoms with van der Waals surface area (Å²) in [4.78, 5) is 12.0. The lowest BCUT2D eigenvalue weighted by atomic mass is 9.95. The van der Waals surface area contributed by atoms with Gasteiger partial charge in [0.2, 0.25) is 5.91 Å². The molecule has 1 amide bonds. The van der Waals surface area contributed by atoms with Crippen molar-refractivity contribution < 1.29 is 4.79 Å². The van der Waals surface area contributed by atoms with Crippen LogP contribution in [0.1, 0.15) is 24.8 Å². The van der Waals surface area contributed by atoms with Gasteiger partial charge in [-0.3, -0.25) is 4.79 Å². The summed E-state index contributed by atoms with van der Waals surface area (Å²) in [6, 6.07) is 10.6. The van der Waals surface area contributed by atoms with Crippen molar-refractivity contribution in [2.75, 3.05) is 19.6 Å². The van der Waals surface area contributed by atoms with E-state index in [-0.39, 0.29) is 17.2 Å². The first-order valence-corrected chi connectivity index (χ1v) is 6.84. The van der Waals surface area contributed by atoms with Crippen LogP contribution in [0.5, 0.6) is 0 Å². The number of amides is 1. The SMILES string of the molecule is O=C(NCC1(c2ccccc2)CC1)C1CCNC1. The summed E-state index contributed by atoms with van der Waals surface area (Å²) in [5.74, 6) is 0.402. The number of hydrogen-bond acceptors (Lipinski definition) is 2. The van der Waals surface area contributed by atoms with Crippen molar-refractivity contribution in [1.29, 1.82) is 0 Å². The van der Waals surface area contributed by atoms with Gasteiger partial charge < -0.3 is 10.6 Å². The third kappa shape index (κ3) is 2.27.